The summed E-state index contributed by atoms with van der Waals surface area (Å²) in [5, 5.41) is 7.53. The van der Waals surface area contributed by atoms with Crippen LogP contribution in [0, 0.1) is 0 Å². The van der Waals surface area contributed by atoms with Crippen molar-refractivity contribution in [3.63, 3.8) is 0 Å². The summed E-state index contributed by atoms with van der Waals surface area (Å²) >= 11 is 6.11. The Morgan fingerprint density at radius 1 is 1.21 bits per heavy atom. The molecule has 8 nitrogen and oxygen atoms in total. The van der Waals surface area contributed by atoms with Crippen LogP contribution in [0.25, 0.3) is 5.95 Å². The second-order valence-corrected chi connectivity index (χ2v) is 7.21. The van der Waals surface area contributed by atoms with E-state index in [2.05, 4.69) is 25.3 Å². The van der Waals surface area contributed by atoms with Gasteiger partial charge in [0.15, 0.2) is 0 Å². The third-order valence-electron chi connectivity index (χ3n) is 4.75. The molecule has 1 aromatic carbocycles. The predicted octanol–water partition coefficient (Wildman–Crippen LogP) is 3.11. The minimum atomic E-state index is -0.170. The van der Waals surface area contributed by atoms with Gasteiger partial charge in [0.25, 0.3) is 5.95 Å². The SMILES string of the molecule is COc1ccc(CC(=O)Nc2cnn(-c3ncc(N4CCCC4)cn3)c2)cc1Cl. The maximum Gasteiger partial charge on any atom is 0.250 e. The Morgan fingerprint density at radius 3 is 2.66 bits per heavy atom. The van der Waals surface area contributed by atoms with E-state index in [9.17, 15) is 4.79 Å². The van der Waals surface area contributed by atoms with Gasteiger partial charge in [0.1, 0.15) is 5.75 Å². The van der Waals surface area contributed by atoms with Crippen LogP contribution in [0.5, 0.6) is 5.75 Å². The van der Waals surface area contributed by atoms with Crippen LogP contribution in [-0.4, -0.2) is 45.9 Å². The molecule has 2 aromatic heterocycles. The summed E-state index contributed by atoms with van der Waals surface area (Å²) in [6, 6.07) is 5.27. The van der Waals surface area contributed by atoms with Crippen molar-refractivity contribution in [3.05, 3.63) is 53.6 Å². The molecule has 1 amide bonds. The van der Waals surface area contributed by atoms with E-state index in [1.807, 2.05) is 6.07 Å². The van der Waals surface area contributed by atoms with Crippen LogP contribution in [0.2, 0.25) is 5.02 Å². The molecule has 150 valence electrons. The summed E-state index contributed by atoms with van der Waals surface area (Å²) in [6.45, 7) is 2.08. The van der Waals surface area contributed by atoms with Gasteiger partial charge in [-0.25, -0.2) is 14.6 Å². The summed E-state index contributed by atoms with van der Waals surface area (Å²) in [4.78, 5) is 23.4. The number of amides is 1. The zero-order chi connectivity index (χ0) is 20.2. The highest BCUT2D eigenvalue weighted by Gasteiger charge is 2.14. The van der Waals surface area contributed by atoms with Gasteiger partial charge in [0.2, 0.25) is 5.91 Å². The number of carbonyl (C=O) groups excluding carboxylic acids is 1. The fourth-order valence-electron chi connectivity index (χ4n) is 3.28. The maximum atomic E-state index is 12.3. The molecule has 1 aliphatic heterocycles. The van der Waals surface area contributed by atoms with E-state index in [4.69, 9.17) is 16.3 Å². The fourth-order valence-corrected chi connectivity index (χ4v) is 3.56. The molecule has 0 radical (unpaired) electrons. The van der Waals surface area contributed by atoms with Gasteiger partial charge in [-0.1, -0.05) is 17.7 Å². The van der Waals surface area contributed by atoms with Gasteiger partial charge >= 0.3 is 0 Å². The Labute approximate surface area is 173 Å². The number of benzene rings is 1. The molecular formula is C20H21ClN6O2. The molecule has 0 unspecified atom stereocenters. The molecule has 1 aliphatic rings. The van der Waals surface area contributed by atoms with Crippen molar-refractivity contribution < 1.29 is 9.53 Å². The topological polar surface area (TPSA) is 85.2 Å². The molecule has 1 fully saturated rings. The van der Waals surface area contributed by atoms with E-state index < -0.39 is 0 Å². The van der Waals surface area contributed by atoms with Crippen molar-refractivity contribution in [3.8, 4) is 11.7 Å². The predicted molar refractivity (Wildman–Crippen MR) is 111 cm³/mol. The monoisotopic (exact) mass is 412 g/mol. The molecule has 3 heterocycles. The largest absolute Gasteiger partial charge is 0.495 e. The van der Waals surface area contributed by atoms with Gasteiger partial charge in [-0.15, -0.1) is 0 Å². The lowest BCUT2D eigenvalue weighted by Crippen LogP contribution is -2.18. The molecule has 0 saturated carbocycles. The molecule has 1 saturated heterocycles. The highest BCUT2D eigenvalue weighted by Crippen LogP contribution is 2.25. The fraction of sp³-hybridized carbons (Fsp3) is 0.300. The van der Waals surface area contributed by atoms with Gasteiger partial charge in [-0.05, 0) is 30.5 Å². The van der Waals surface area contributed by atoms with E-state index >= 15 is 0 Å². The first kappa shape index (κ1) is 19.2. The second kappa shape index (κ2) is 8.48. The molecule has 0 atom stereocenters. The minimum Gasteiger partial charge on any atom is -0.495 e. The van der Waals surface area contributed by atoms with Gasteiger partial charge in [-0.2, -0.15) is 5.10 Å². The molecule has 0 bridgehead atoms. The molecule has 4 rings (SSSR count). The first-order valence-corrected chi connectivity index (χ1v) is 9.74. The van der Waals surface area contributed by atoms with Crippen LogP contribution in [0.3, 0.4) is 0 Å². The van der Waals surface area contributed by atoms with Gasteiger partial charge in [0, 0.05) is 13.1 Å². The lowest BCUT2D eigenvalue weighted by atomic mass is 10.1. The standard InChI is InChI=1S/C20H21ClN6O2/c1-29-18-5-4-14(8-17(18)21)9-19(28)25-15-10-24-27(13-15)20-22-11-16(12-23-20)26-6-2-3-7-26/h4-5,8,10-13H,2-3,6-7,9H2,1H3,(H,25,28). The highest BCUT2D eigenvalue weighted by molar-refractivity contribution is 6.32. The van der Waals surface area contributed by atoms with Crippen LogP contribution in [0.15, 0.2) is 43.0 Å². The number of nitrogens with one attached hydrogen (secondary N) is 1. The maximum absolute atomic E-state index is 12.3. The zero-order valence-corrected chi connectivity index (χ0v) is 16.8. The molecule has 0 aliphatic carbocycles. The number of aromatic nitrogens is 4. The van der Waals surface area contributed by atoms with Crippen LogP contribution < -0.4 is 15.0 Å². The number of anilines is 2. The molecule has 0 spiro atoms. The van der Waals surface area contributed by atoms with Gasteiger partial charge in [0.05, 0.1) is 54.7 Å². The van der Waals surface area contributed by atoms with Crippen LogP contribution in [0.1, 0.15) is 18.4 Å². The summed E-state index contributed by atoms with van der Waals surface area (Å²) < 4.78 is 6.66. The van der Waals surface area contributed by atoms with Crippen molar-refractivity contribution in [1.29, 1.82) is 0 Å². The number of nitrogens with zero attached hydrogens (tertiary/aromatic N) is 5. The quantitative estimate of drug-likeness (QED) is 0.669. The lowest BCUT2D eigenvalue weighted by Gasteiger charge is -2.16. The number of methoxy groups -OCH3 is 1. The smallest absolute Gasteiger partial charge is 0.250 e. The summed E-state index contributed by atoms with van der Waals surface area (Å²) in [5.74, 6) is 0.860. The Bertz CT molecular complexity index is 998. The number of ether oxygens (including phenoxy) is 1. The Morgan fingerprint density at radius 2 is 1.97 bits per heavy atom. The van der Waals surface area contributed by atoms with Crippen molar-refractivity contribution >= 4 is 28.9 Å². The number of carbonyl (C=O) groups is 1. The van der Waals surface area contributed by atoms with Gasteiger partial charge in [-0.3, -0.25) is 4.79 Å². The average molecular weight is 413 g/mol. The summed E-state index contributed by atoms with van der Waals surface area (Å²) in [6.07, 6.45) is 9.46. The molecule has 29 heavy (non-hydrogen) atoms. The van der Waals surface area contributed by atoms with Crippen molar-refractivity contribution in [2.75, 3.05) is 30.4 Å². The Hall–Kier alpha value is -3.13. The van der Waals surface area contributed by atoms with Crippen LogP contribution in [-0.2, 0) is 11.2 Å². The molecule has 9 heteroatoms. The number of rotatable bonds is 6. The normalized spacial score (nSPS) is 13.5. The zero-order valence-electron chi connectivity index (χ0n) is 16.0. The number of halogens is 1. The first-order chi connectivity index (χ1) is 14.1. The van der Waals surface area contributed by atoms with E-state index in [0.29, 0.717) is 22.4 Å². The first-order valence-electron chi connectivity index (χ1n) is 9.36. The average Bonchev–Trinajstić information content (AvgIpc) is 3.40. The summed E-state index contributed by atoms with van der Waals surface area (Å²) in [7, 11) is 1.55. The van der Waals surface area contributed by atoms with Crippen molar-refractivity contribution in [2.24, 2.45) is 0 Å². The van der Waals surface area contributed by atoms with Crippen molar-refractivity contribution in [1.82, 2.24) is 19.7 Å². The summed E-state index contributed by atoms with van der Waals surface area (Å²) in [5.41, 5.74) is 2.38. The minimum absolute atomic E-state index is 0.170. The Balaban J connectivity index is 1.38. The third-order valence-corrected chi connectivity index (χ3v) is 5.04. The molecule has 3 aromatic rings. The molecule has 1 N–H and O–H groups in total. The Kier molecular flexibility index (Phi) is 5.62. The van der Waals surface area contributed by atoms with Crippen LogP contribution >= 0.6 is 11.6 Å². The van der Waals surface area contributed by atoms with E-state index in [0.717, 1.165) is 24.3 Å². The third kappa shape index (κ3) is 4.48. The second-order valence-electron chi connectivity index (χ2n) is 6.80. The lowest BCUT2D eigenvalue weighted by molar-refractivity contribution is -0.115. The molecular weight excluding hydrogens is 392 g/mol. The van der Waals surface area contributed by atoms with E-state index in [1.165, 1.54) is 17.5 Å². The van der Waals surface area contributed by atoms with Crippen LogP contribution in [0.4, 0.5) is 11.4 Å². The van der Waals surface area contributed by atoms with Crippen molar-refractivity contribution in [2.45, 2.75) is 19.3 Å². The number of hydrogen-bond donors (Lipinski definition) is 1. The number of hydrogen-bond acceptors (Lipinski definition) is 6. The van der Waals surface area contributed by atoms with Gasteiger partial charge < -0.3 is 15.0 Å². The van der Waals surface area contributed by atoms with E-state index in [-0.39, 0.29) is 12.3 Å². The highest BCUT2D eigenvalue weighted by atomic mass is 35.5. The van der Waals surface area contributed by atoms with E-state index in [1.54, 1.807) is 44.0 Å².